The molecule has 0 bridgehead atoms. The van der Waals surface area contributed by atoms with Crippen LogP contribution in [0.2, 0.25) is 0 Å². The number of rotatable bonds is 8. The first-order valence-electron chi connectivity index (χ1n) is 10.1. The average molecular weight is 670 g/mol. The molecule has 0 fully saturated rings. The van der Waals surface area contributed by atoms with Gasteiger partial charge in [0.2, 0.25) is 0 Å². The quantitative estimate of drug-likeness (QED) is 0.349. The number of nitrogens with zero attached hydrogens (tertiary/aromatic N) is 1. The minimum absolute atomic E-state index is 0.253. The predicted molar refractivity (Wildman–Crippen MR) is 103 cm³/mol. The number of ether oxygens (including phenoxy) is 1. The third kappa shape index (κ3) is 6.14. The summed E-state index contributed by atoms with van der Waals surface area (Å²) in [5.74, 6) is -50.8. The number of aromatic amines is 3. The van der Waals surface area contributed by atoms with Crippen LogP contribution in [0.5, 0.6) is 6.01 Å². The van der Waals surface area contributed by atoms with Crippen LogP contribution in [0.15, 0.2) is 26.8 Å². The van der Waals surface area contributed by atoms with E-state index in [2.05, 4.69) is 19.7 Å². The second kappa shape index (κ2) is 11.0. The lowest BCUT2D eigenvalue weighted by atomic mass is 9.90. The Morgan fingerprint density at radius 3 is 1.35 bits per heavy atom. The molecule has 25 heteroatoms. The minimum Gasteiger partial charge on any atom is -0.395 e. The zero-order valence-electron chi connectivity index (χ0n) is 20.2. The van der Waals surface area contributed by atoms with E-state index in [9.17, 15) is 89.0 Å². The second-order valence-corrected chi connectivity index (χ2v) is 8.02. The molecule has 43 heavy (non-hydrogen) atoms. The fourth-order valence-electron chi connectivity index (χ4n) is 2.31. The lowest BCUT2D eigenvalue weighted by Crippen LogP contribution is -2.74. The average Bonchev–Trinajstić information content (AvgIpc) is 2.82. The van der Waals surface area contributed by atoms with Gasteiger partial charge in [-0.3, -0.25) is 19.6 Å². The molecular formula is C18H11F17N4O4. The van der Waals surface area contributed by atoms with Gasteiger partial charge in [0.05, 0.1) is 0 Å². The maximum atomic E-state index is 13.6. The molecule has 2 aromatic rings. The summed E-state index contributed by atoms with van der Waals surface area (Å²) in [5, 5.41) is 0. The Labute approximate surface area is 222 Å². The van der Waals surface area contributed by atoms with E-state index in [1.54, 1.807) is 6.92 Å². The van der Waals surface area contributed by atoms with Gasteiger partial charge < -0.3 is 9.72 Å². The van der Waals surface area contributed by atoms with Gasteiger partial charge in [-0.2, -0.15) is 74.6 Å². The van der Waals surface area contributed by atoms with Gasteiger partial charge in [0, 0.05) is 23.5 Å². The van der Waals surface area contributed by atoms with Gasteiger partial charge in [0.1, 0.15) is 0 Å². The Bertz CT molecular complexity index is 1480. The van der Waals surface area contributed by atoms with Gasteiger partial charge in [-0.15, -0.1) is 0 Å². The topological polar surface area (TPSA) is 121 Å². The summed E-state index contributed by atoms with van der Waals surface area (Å²) in [6.07, 6.45) is -13.4. The van der Waals surface area contributed by atoms with Crippen LogP contribution in [0.1, 0.15) is 11.1 Å². The van der Waals surface area contributed by atoms with Crippen LogP contribution in [0.4, 0.5) is 74.6 Å². The number of H-pyrrole nitrogens is 3. The molecule has 2 aromatic heterocycles. The molecule has 2 heterocycles. The van der Waals surface area contributed by atoms with E-state index in [-0.39, 0.29) is 11.8 Å². The first kappa shape index (κ1) is 37.2. The van der Waals surface area contributed by atoms with Crippen LogP contribution >= 0.6 is 0 Å². The van der Waals surface area contributed by atoms with Crippen molar-refractivity contribution in [2.45, 2.75) is 61.7 Å². The Morgan fingerprint density at radius 2 is 0.977 bits per heavy atom. The monoisotopic (exact) mass is 670 g/mol. The van der Waals surface area contributed by atoms with E-state index < -0.39 is 70.6 Å². The summed E-state index contributed by atoms with van der Waals surface area (Å²) >= 11 is 0. The van der Waals surface area contributed by atoms with Crippen molar-refractivity contribution in [2.24, 2.45) is 0 Å². The fraction of sp³-hybridized carbons (Fsp3) is 0.556. The number of nitrogens with one attached hydrogen (secondary N) is 3. The Morgan fingerprint density at radius 1 is 0.581 bits per heavy atom. The highest BCUT2D eigenvalue weighted by Gasteiger charge is 2.95. The number of hydrogen-bond donors (Lipinski definition) is 3. The largest absolute Gasteiger partial charge is 0.473 e. The molecule has 0 amide bonds. The molecule has 8 nitrogen and oxygen atoms in total. The number of alkyl halides is 17. The van der Waals surface area contributed by atoms with Gasteiger partial charge >= 0.3 is 59.5 Å². The van der Waals surface area contributed by atoms with Crippen molar-refractivity contribution in [3.63, 3.8) is 0 Å². The standard InChI is InChI=1S/C13H5F17N2O2.C5H6N2O2/c1-3-2-31-5(32-4(3)33)34-13(29,30)11(24,25)9(20,21)7(16,17)6(14,15)8(18,19)10(22,23)12(26,27)28;1-3-2-6-5(9)7-4(3)8/h2H,1H3,(H,31,32,33);2H,1H3,(H2,6,7,8,9). The summed E-state index contributed by atoms with van der Waals surface area (Å²) < 4.78 is 225. The summed E-state index contributed by atoms with van der Waals surface area (Å²) in [6, 6.07) is -2.14. The molecule has 246 valence electrons. The number of aromatic nitrogens is 4. The van der Waals surface area contributed by atoms with Gasteiger partial charge in [0.25, 0.3) is 11.1 Å². The third-order valence-electron chi connectivity index (χ3n) is 4.88. The molecule has 0 aliphatic carbocycles. The molecule has 0 aliphatic heterocycles. The van der Waals surface area contributed by atoms with E-state index in [1.807, 2.05) is 0 Å². The lowest BCUT2D eigenvalue weighted by molar-refractivity contribution is -0.471. The Kier molecular flexibility index (Phi) is 9.53. The van der Waals surface area contributed by atoms with Crippen LogP contribution in [-0.4, -0.2) is 67.8 Å². The number of hydrogen-bond acceptors (Lipinski definition) is 5. The van der Waals surface area contributed by atoms with Crippen molar-refractivity contribution in [2.75, 3.05) is 0 Å². The summed E-state index contributed by atoms with van der Waals surface area (Å²) in [5.41, 5.74) is -2.24. The van der Waals surface area contributed by atoms with Gasteiger partial charge in [-0.05, 0) is 13.8 Å². The Hall–Kier alpha value is -3.83. The van der Waals surface area contributed by atoms with Crippen LogP contribution < -0.4 is 21.5 Å². The van der Waals surface area contributed by atoms with Crippen LogP contribution in [0.3, 0.4) is 0 Å². The molecule has 0 radical (unpaired) electrons. The smallest absolute Gasteiger partial charge is 0.395 e. The number of halogens is 17. The van der Waals surface area contributed by atoms with E-state index in [1.165, 1.54) is 6.20 Å². The molecule has 2 rings (SSSR count). The zero-order chi connectivity index (χ0) is 34.4. The van der Waals surface area contributed by atoms with Crippen molar-refractivity contribution in [1.29, 1.82) is 0 Å². The predicted octanol–water partition coefficient (Wildman–Crippen LogP) is 4.80. The van der Waals surface area contributed by atoms with E-state index >= 15 is 0 Å². The van der Waals surface area contributed by atoms with Crippen LogP contribution in [0.25, 0.3) is 0 Å². The highest BCUT2D eigenvalue weighted by atomic mass is 19.4. The lowest BCUT2D eigenvalue weighted by Gasteiger charge is -2.42. The maximum absolute atomic E-state index is 13.6. The number of aryl methyl sites for hydroxylation is 2. The highest BCUT2D eigenvalue weighted by molar-refractivity contribution is 5.15. The molecular weight excluding hydrogens is 659 g/mol. The van der Waals surface area contributed by atoms with E-state index in [4.69, 9.17) is 0 Å². The molecule has 0 saturated carbocycles. The van der Waals surface area contributed by atoms with Gasteiger partial charge in [0.15, 0.2) is 0 Å². The molecule has 0 atom stereocenters. The SMILES string of the molecule is Cc1c[nH]c(=O)[nH]c1=O.Cc1cnc(OC(F)(F)C(F)(F)C(F)(F)C(F)(F)C(F)(F)C(F)(F)C(F)(F)C(F)(F)F)[nH]c1=O. The van der Waals surface area contributed by atoms with Crippen LogP contribution in [-0.2, 0) is 0 Å². The highest BCUT2D eigenvalue weighted by Crippen LogP contribution is 2.63. The molecule has 0 unspecified atom stereocenters. The first-order chi connectivity index (χ1) is 18.8. The minimum atomic E-state index is -8.74. The van der Waals surface area contributed by atoms with Crippen molar-refractivity contribution < 1.29 is 79.4 Å². The zero-order valence-corrected chi connectivity index (χ0v) is 20.2. The molecule has 0 aromatic carbocycles. The maximum Gasteiger partial charge on any atom is 0.473 e. The molecule has 0 spiro atoms. The van der Waals surface area contributed by atoms with Gasteiger partial charge in [-0.25, -0.2) is 9.78 Å². The van der Waals surface area contributed by atoms with Crippen molar-refractivity contribution in [1.82, 2.24) is 19.9 Å². The van der Waals surface area contributed by atoms with Crippen LogP contribution in [0, 0.1) is 13.8 Å². The van der Waals surface area contributed by atoms with E-state index in [0.717, 1.165) is 11.9 Å². The van der Waals surface area contributed by atoms with E-state index in [0.29, 0.717) is 5.56 Å². The summed E-state index contributed by atoms with van der Waals surface area (Å²) in [4.78, 5) is 40.1. The normalized spacial score (nSPS) is 14.2. The van der Waals surface area contributed by atoms with Gasteiger partial charge in [-0.1, -0.05) is 0 Å². The molecule has 0 saturated heterocycles. The molecule has 3 N–H and O–H groups in total. The summed E-state index contributed by atoms with van der Waals surface area (Å²) in [7, 11) is 0. The van der Waals surface area contributed by atoms with Crippen molar-refractivity contribution in [3.05, 3.63) is 54.7 Å². The summed E-state index contributed by atoms with van der Waals surface area (Å²) in [6.45, 7) is 2.52. The second-order valence-electron chi connectivity index (χ2n) is 8.02. The third-order valence-corrected chi connectivity index (χ3v) is 4.88. The Balaban J connectivity index is 0.000000869. The first-order valence-corrected chi connectivity index (χ1v) is 10.1. The fourth-order valence-corrected chi connectivity index (χ4v) is 2.31. The van der Waals surface area contributed by atoms with Crippen molar-refractivity contribution in [3.8, 4) is 6.01 Å². The van der Waals surface area contributed by atoms with Crippen molar-refractivity contribution >= 4 is 0 Å². The molecule has 0 aliphatic rings.